The lowest BCUT2D eigenvalue weighted by molar-refractivity contribution is -0.148. The quantitative estimate of drug-likeness (QED) is 0.559. The molecule has 0 saturated carbocycles. The SMILES string of the molecule is CN(C)S(=O)(=O)c1ccc(NC(=O)COC(=O)C2c3ccccc3Oc3ccccc32)cc1. The summed E-state index contributed by atoms with van der Waals surface area (Å²) in [6, 6.07) is 20.1. The summed E-state index contributed by atoms with van der Waals surface area (Å²) in [5, 5.41) is 2.60. The summed E-state index contributed by atoms with van der Waals surface area (Å²) >= 11 is 0. The average Bonchev–Trinajstić information content (AvgIpc) is 2.81. The van der Waals surface area contributed by atoms with Gasteiger partial charge in [-0.2, -0.15) is 0 Å². The van der Waals surface area contributed by atoms with Crippen LogP contribution in [0.2, 0.25) is 0 Å². The minimum atomic E-state index is -3.56. The van der Waals surface area contributed by atoms with E-state index >= 15 is 0 Å². The smallest absolute Gasteiger partial charge is 0.318 e. The Morgan fingerprint density at radius 2 is 1.45 bits per heavy atom. The van der Waals surface area contributed by atoms with Crippen LogP contribution in [0.3, 0.4) is 0 Å². The van der Waals surface area contributed by atoms with Crippen LogP contribution in [0.5, 0.6) is 11.5 Å². The number of carbonyl (C=O) groups excluding carboxylic acids is 2. The number of amides is 1. The third-order valence-corrected chi connectivity index (χ3v) is 7.01. The number of hydrogen-bond acceptors (Lipinski definition) is 6. The topological polar surface area (TPSA) is 102 Å². The third-order valence-electron chi connectivity index (χ3n) is 5.18. The van der Waals surface area contributed by atoms with E-state index in [1.807, 2.05) is 24.3 Å². The molecule has 1 aliphatic heterocycles. The number of esters is 1. The second kappa shape index (κ2) is 9.05. The maximum Gasteiger partial charge on any atom is 0.318 e. The maximum atomic E-state index is 13.0. The van der Waals surface area contributed by atoms with Gasteiger partial charge < -0.3 is 14.8 Å². The van der Waals surface area contributed by atoms with Crippen molar-refractivity contribution in [3.8, 4) is 11.5 Å². The van der Waals surface area contributed by atoms with Crippen LogP contribution in [0.25, 0.3) is 0 Å². The molecule has 0 spiro atoms. The van der Waals surface area contributed by atoms with Crippen LogP contribution < -0.4 is 10.1 Å². The molecule has 0 radical (unpaired) electrons. The first-order chi connectivity index (χ1) is 15.8. The number of anilines is 1. The lowest BCUT2D eigenvalue weighted by Crippen LogP contribution is -2.26. The van der Waals surface area contributed by atoms with Crippen LogP contribution in [0.4, 0.5) is 5.69 Å². The molecule has 33 heavy (non-hydrogen) atoms. The summed E-state index contributed by atoms with van der Waals surface area (Å²) in [7, 11) is -0.686. The van der Waals surface area contributed by atoms with Crippen molar-refractivity contribution < 1.29 is 27.5 Å². The van der Waals surface area contributed by atoms with Crippen molar-refractivity contribution in [1.82, 2.24) is 4.31 Å². The zero-order chi connectivity index (χ0) is 23.6. The molecule has 0 unspecified atom stereocenters. The lowest BCUT2D eigenvalue weighted by Gasteiger charge is -2.26. The van der Waals surface area contributed by atoms with E-state index in [0.717, 1.165) is 4.31 Å². The Balaban J connectivity index is 1.43. The fraction of sp³-hybridized carbons (Fsp3) is 0.167. The Labute approximate surface area is 191 Å². The summed E-state index contributed by atoms with van der Waals surface area (Å²) in [4.78, 5) is 25.4. The molecular formula is C24H22N2O6S. The molecule has 9 heteroatoms. The van der Waals surface area contributed by atoms with E-state index in [9.17, 15) is 18.0 Å². The van der Waals surface area contributed by atoms with Gasteiger partial charge in [-0.05, 0) is 36.4 Å². The van der Waals surface area contributed by atoms with Crippen molar-refractivity contribution in [3.63, 3.8) is 0 Å². The molecule has 0 aromatic heterocycles. The lowest BCUT2D eigenvalue weighted by atomic mass is 9.88. The Morgan fingerprint density at radius 1 is 0.909 bits per heavy atom. The van der Waals surface area contributed by atoms with Crippen LogP contribution >= 0.6 is 0 Å². The van der Waals surface area contributed by atoms with Gasteiger partial charge in [-0.15, -0.1) is 0 Å². The van der Waals surface area contributed by atoms with Gasteiger partial charge in [0.2, 0.25) is 10.0 Å². The molecule has 1 N–H and O–H groups in total. The fourth-order valence-electron chi connectivity index (χ4n) is 3.50. The monoisotopic (exact) mass is 466 g/mol. The molecular weight excluding hydrogens is 444 g/mol. The molecule has 0 saturated heterocycles. The molecule has 3 aromatic carbocycles. The van der Waals surface area contributed by atoms with Gasteiger partial charge in [-0.25, -0.2) is 12.7 Å². The normalized spacial score (nSPS) is 12.9. The number of hydrogen-bond donors (Lipinski definition) is 1. The van der Waals surface area contributed by atoms with E-state index < -0.39 is 34.4 Å². The van der Waals surface area contributed by atoms with Crippen LogP contribution in [0.1, 0.15) is 17.0 Å². The molecule has 1 heterocycles. The van der Waals surface area contributed by atoms with E-state index in [0.29, 0.717) is 28.3 Å². The minimum absolute atomic E-state index is 0.105. The molecule has 1 amide bonds. The highest BCUT2D eigenvalue weighted by Gasteiger charge is 2.33. The Bertz CT molecular complexity index is 1260. The van der Waals surface area contributed by atoms with Gasteiger partial charge in [0.15, 0.2) is 6.61 Å². The van der Waals surface area contributed by atoms with Gasteiger partial charge in [0.05, 0.1) is 4.90 Å². The van der Waals surface area contributed by atoms with Crippen LogP contribution in [0, 0.1) is 0 Å². The summed E-state index contributed by atoms with van der Waals surface area (Å²) in [5.41, 5.74) is 1.72. The Morgan fingerprint density at radius 3 is 2.00 bits per heavy atom. The zero-order valence-electron chi connectivity index (χ0n) is 18.0. The van der Waals surface area contributed by atoms with Crippen LogP contribution in [0.15, 0.2) is 77.7 Å². The number of ether oxygens (including phenoxy) is 2. The predicted molar refractivity (Wildman–Crippen MR) is 122 cm³/mol. The number of rotatable bonds is 6. The first-order valence-electron chi connectivity index (χ1n) is 10.1. The Kier molecular flexibility index (Phi) is 6.17. The summed E-state index contributed by atoms with van der Waals surface area (Å²) in [6.45, 7) is -0.488. The van der Waals surface area contributed by atoms with Gasteiger partial charge in [-0.3, -0.25) is 9.59 Å². The van der Waals surface area contributed by atoms with Crippen molar-refractivity contribution in [2.24, 2.45) is 0 Å². The van der Waals surface area contributed by atoms with Gasteiger partial charge >= 0.3 is 5.97 Å². The second-order valence-corrected chi connectivity index (χ2v) is 9.73. The molecule has 0 bridgehead atoms. The molecule has 4 rings (SSSR count). The zero-order valence-corrected chi connectivity index (χ0v) is 18.8. The molecule has 8 nitrogen and oxygen atoms in total. The third kappa shape index (κ3) is 4.59. The second-order valence-electron chi connectivity index (χ2n) is 7.58. The average molecular weight is 467 g/mol. The first-order valence-corrected chi connectivity index (χ1v) is 11.6. The first kappa shape index (κ1) is 22.5. The van der Waals surface area contributed by atoms with Crippen molar-refractivity contribution >= 4 is 27.6 Å². The van der Waals surface area contributed by atoms with E-state index in [2.05, 4.69) is 5.32 Å². The maximum absolute atomic E-state index is 13.0. The predicted octanol–water partition coefficient (Wildman–Crippen LogP) is 3.36. The highest BCUT2D eigenvalue weighted by Crippen LogP contribution is 2.44. The van der Waals surface area contributed by atoms with E-state index in [1.54, 1.807) is 24.3 Å². The molecule has 170 valence electrons. The van der Waals surface area contributed by atoms with Gasteiger partial charge in [0.25, 0.3) is 5.91 Å². The standard InChI is InChI=1S/C24H22N2O6S/c1-26(2)33(29,30)17-13-11-16(12-14-17)25-22(27)15-31-24(28)23-18-7-3-5-9-20(18)32-21-10-6-4-8-19(21)23/h3-14,23H,15H2,1-2H3,(H,25,27). The van der Waals surface area contributed by atoms with Crippen molar-refractivity contribution in [1.29, 1.82) is 0 Å². The molecule has 0 atom stereocenters. The summed E-state index contributed by atoms with van der Waals surface area (Å²) < 4.78 is 36.6. The van der Waals surface area contributed by atoms with Gasteiger partial charge in [0.1, 0.15) is 17.4 Å². The largest absolute Gasteiger partial charge is 0.457 e. The van der Waals surface area contributed by atoms with E-state index in [1.165, 1.54) is 38.4 Å². The summed E-state index contributed by atoms with van der Waals surface area (Å²) in [5.74, 6) is -0.693. The van der Waals surface area contributed by atoms with Gasteiger partial charge in [-0.1, -0.05) is 36.4 Å². The highest BCUT2D eigenvalue weighted by atomic mass is 32.2. The summed E-state index contributed by atoms with van der Waals surface area (Å²) in [6.07, 6.45) is 0. The number of para-hydroxylation sites is 2. The highest BCUT2D eigenvalue weighted by molar-refractivity contribution is 7.89. The van der Waals surface area contributed by atoms with Crippen molar-refractivity contribution in [3.05, 3.63) is 83.9 Å². The molecule has 1 aliphatic rings. The van der Waals surface area contributed by atoms with Crippen molar-refractivity contribution in [2.75, 3.05) is 26.0 Å². The number of nitrogens with one attached hydrogen (secondary N) is 1. The Hall–Kier alpha value is -3.69. The molecule has 0 fully saturated rings. The molecule has 0 aliphatic carbocycles. The minimum Gasteiger partial charge on any atom is -0.457 e. The van der Waals surface area contributed by atoms with Crippen molar-refractivity contribution in [2.45, 2.75) is 10.8 Å². The van der Waals surface area contributed by atoms with Gasteiger partial charge in [0, 0.05) is 30.9 Å². The van der Waals surface area contributed by atoms with E-state index in [4.69, 9.17) is 9.47 Å². The fourth-order valence-corrected chi connectivity index (χ4v) is 4.40. The van der Waals surface area contributed by atoms with E-state index in [-0.39, 0.29) is 4.90 Å². The number of fused-ring (bicyclic) bond motifs is 2. The van der Waals surface area contributed by atoms with Crippen LogP contribution in [-0.4, -0.2) is 45.3 Å². The van der Waals surface area contributed by atoms with Crippen LogP contribution in [-0.2, 0) is 24.3 Å². The number of benzene rings is 3. The number of carbonyl (C=O) groups is 2. The number of sulfonamides is 1. The molecule has 3 aromatic rings. The number of nitrogens with zero attached hydrogens (tertiary/aromatic N) is 1.